The predicted molar refractivity (Wildman–Crippen MR) is 125 cm³/mol. The van der Waals surface area contributed by atoms with Crippen molar-refractivity contribution in [1.29, 1.82) is 0 Å². The van der Waals surface area contributed by atoms with Crippen LogP contribution in [0.25, 0.3) is 11.1 Å². The minimum atomic E-state index is -1.06. The smallest absolute Gasteiger partial charge is 0.276 e. The molecular weight excluding hydrogens is 402 g/mol. The number of nitrogens with one attached hydrogen (secondary N) is 1. The molecule has 5 rings (SSSR count). The standard InChI is InChI=1S/C26H31N3O3/c1-17-10-11-20(18(2)14-17)29-24(30)22-15-23-21(12-13-32-23)28(22)16-26(29,3)25(31)27-19-8-6-4-5-7-9-19/h10-15,19H,4-9,16H2,1-3H3,(H,27,31). The molecule has 6 nitrogen and oxygen atoms in total. The average molecular weight is 434 g/mol. The van der Waals surface area contributed by atoms with Crippen molar-refractivity contribution in [3.8, 4) is 0 Å². The van der Waals surface area contributed by atoms with E-state index in [4.69, 9.17) is 4.42 Å². The predicted octanol–water partition coefficient (Wildman–Crippen LogP) is 5.11. The van der Waals surface area contributed by atoms with Gasteiger partial charge in [-0.25, -0.2) is 0 Å². The van der Waals surface area contributed by atoms with Gasteiger partial charge in [0.2, 0.25) is 5.91 Å². The van der Waals surface area contributed by atoms with E-state index in [1.165, 1.54) is 12.8 Å². The van der Waals surface area contributed by atoms with Crippen molar-refractivity contribution in [1.82, 2.24) is 9.88 Å². The molecule has 3 heterocycles. The number of hydrogen-bond donors (Lipinski definition) is 1. The highest BCUT2D eigenvalue weighted by Gasteiger charge is 2.49. The van der Waals surface area contributed by atoms with Crippen molar-refractivity contribution in [2.75, 3.05) is 4.90 Å². The average Bonchev–Trinajstić information content (AvgIpc) is 3.24. The fourth-order valence-electron chi connectivity index (χ4n) is 5.41. The zero-order chi connectivity index (χ0) is 22.5. The van der Waals surface area contributed by atoms with Crippen LogP contribution in [0.1, 0.15) is 67.1 Å². The minimum absolute atomic E-state index is 0.0891. The quantitative estimate of drug-likeness (QED) is 0.584. The number of nitrogens with zero attached hydrogens (tertiary/aromatic N) is 2. The first kappa shape index (κ1) is 20.9. The van der Waals surface area contributed by atoms with E-state index in [9.17, 15) is 9.59 Å². The van der Waals surface area contributed by atoms with E-state index in [2.05, 4.69) is 11.4 Å². The molecule has 1 atom stereocenters. The van der Waals surface area contributed by atoms with E-state index < -0.39 is 5.54 Å². The second kappa shape index (κ2) is 7.84. The fourth-order valence-corrected chi connectivity index (χ4v) is 5.41. The van der Waals surface area contributed by atoms with Crippen LogP contribution < -0.4 is 10.2 Å². The SMILES string of the molecule is Cc1ccc(N2C(=O)c3cc4occc4n3CC2(C)C(=O)NC2CCCCCC2)c(C)c1. The summed E-state index contributed by atoms with van der Waals surface area (Å²) in [5.41, 5.74) is 3.91. The Kier molecular flexibility index (Phi) is 5.11. The molecule has 1 aromatic carbocycles. The van der Waals surface area contributed by atoms with E-state index >= 15 is 0 Å². The number of rotatable bonds is 3. The van der Waals surface area contributed by atoms with Crippen LogP contribution >= 0.6 is 0 Å². The van der Waals surface area contributed by atoms with Crippen LogP contribution in [-0.4, -0.2) is 28.0 Å². The third-order valence-electron chi connectivity index (χ3n) is 7.18. The first-order valence-corrected chi connectivity index (χ1v) is 11.7. The number of carbonyl (C=O) groups is 2. The molecule has 0 bridgehead atoms. The van der Waals surface area contributed by atoms with E-state index in [-0.39, 0.29) is 17.9 Å². The monoisotopic (exact) mass is 433 g/mol. The maximum Gasteiger partial charge on any atom is 0.276 e. The number of furan rings is 1. The molecule has 6 heteroatoms. The summed E-state index contributed by atoms with van der Waals surface area (Å²) in [7, 11) is 0. The molecule has 0 radical (unpaired) electrons. The van der Waals surface area contributed by atoms with Crippen LogP contribution in [0, 0.1) is 13.8 Å². The van der Waals surface area contributed by atoms with Crippen LogP contribution in [0.5, 0.6) is 0 Å². The molecule has 3 aromatic rings. The van der Waals surface area contributed by atoms with Gasteiger partial charge >= 0.3 is 0 Å². The Morgan fingerprint density at radius 3 is 2.56 bits per heavy atom. The van der Waals surface area contributed by atoms with E-state index in [0.717, 1.165) is 48.0 Å². The summed E-state index contributed by atoms with van der Waals surface area (Å²) < 4.78 is 7.51. The summed E-state index contributed by atoms with van der Waals surface area (Å²) in [5, 5.41) is 3.32. The maximum absolute atomic E-state index is 13.9. The lowest BCUT2D eigenvalue weighted by atomic mass is 9.92. The molecule has 168 valence electrons. The molecule has 1 unspecified atom stereocenters. The topological polar surface area (TPSA) is 67.5 Å². The highest BCUT2D eigenvalue weighted by Crippen LogP contribution is 2.38. The second-order valence-electron chi connectivity index (χ2n) is 9.65. The van der Waals surface area contributed by atoms with Gasteiger partial charge in [0, 0.05) is 23.9 Å². The molecule has 0 spiro atoms. The van der Waals surface area contributed by atoms with Crippen LogP contribution in [0.3, 0.4) is 0 Å². The van der Waals surface area contributed by atoms with Gasteiger partial charge in [0.05, 0.1) is 18.3 Å². The highest BCUT2D eigenvalue weighted by molar-refractivity contribution is 6.14. The van der Waals surface area contributed by atoms with Crippen molar-refractivity contribution in [3.05, 3.63) is 53.4 Å². The van der Waals surface area contributed by atoms with Gasteiger partial charge < -0.3 is 14.3 Å². The normalized spacial score (nSPS) is 22.1. The van der Waals surface area contributed by atoms with Crippen molar-refractivity contribution in [2.45, 2.75) is 77.4 Å². The lowest BCUT2D eigenvalue weighted by molar-refractivity contribution is -0.127. The van der Waals surface area contributed by atoms with Crippen LogP contribution in [0.15, 0.2) is 41.0 Å². The number of benzene rings is 1. The number of hydrogen-bond acceptors (Lipinski definition) is 3. The summed E-state index contributed by atoms with van der Waals surface area (Å²) in [4.78, 5) is 29.5. The summed E-state index contributed by atoms with van der Waals surface area (Å²) in [6.07, 6.45) is 8.35. The van der Waals surface area contributed by atoms with Gasteiger partial charge in [0.25, 0.3) is 5.91 Å². The minimum Gasteiger partial charge on any atom is -0.463 e. The Morgan fingerprint density at radius 2 is 1.84 bits per heavy atom. The van der Waals surface area contributed by atoms with Crippen molar-refractivity contribution < 1.29 is 14.0 Å². The zero-order valence-corrected chi connectivity index (χ0v) is 19.1. The Bertz CT molecular complexity index is 1180. The molecule has 0 saturated heterocycles. The lowest BCUT2D eigenvalue weighted by Gasteiger charge is -2.45. The van der Waals surface area contributed by atoms with Crippen molar-refractivity contribution in [2.24, 2.45) is 0 Å². The summed E-state index contributed by atoms with van der Waals surface area (Å²) in [6.45, 7) is 6.30. The third-order valence-corrected chi connectivity index (χ3v) is 7.18. The van der Waals surface area contributed by atoms with Crippen LogP contribution in [0.2, 0.25) is 0 Å². The third kappa shape index (κ3) is 3.33. The number of anilines is 1. The fraction of sp³-hybridized carbons (Fsp3) is 0.462. The molecule has 1 saturated carbocycles. The molecular formula is C26H31N3O3. The number of aromatic nitrogens is 1. The van der Waals surface area contributed by atoms with Crippen molar-refractivity contribution in [3.63, 3.8) is 0 Å². The van der Waals surface area contributed by atoms with Crippen LogP contribution in [0.4, 0.5) is 5.69 Å². The molecule has 2 aromatic heterocycles. The van der Waals surface area contributed by atoms with Gasteiger partial charge in [-0.1, -0.05) is 43.4 Å². The van der Waals surface area contributed by atoms with E-state index in [1.54, 1.807) is 17.2 Å². The molecule has 2 aliphatic rings. The number of amides is 2. The van der Waals surface area contributed by atoms with Gasteiger partial charge in [-0.05, 0) is 45.2 Å². The number of fused-ring (bicyclic) bond motifs is 3. The largest absolute Gasteiger partial charge is 0.463 e. The Labute approximate surface area is 188 Å². The Balaban J connectivity index is 1.60. The first-order chi connectivity index (χ1) is 15.4. The number of carbonyl (C=O) groups excluding carboxylic acids is 2. The maximum atomic E-state index is 13.9. The van der Waals surface area contributed by atoms with Gasteiger partial charge in [0.15, 0.2) is 5.58 Å². The summed E-state index contributed by atoms with van der Waals surface area (Å²) in [6, 6.07) is 9.84. The molecule has 2 amide bonds. The molecule has 1 N–H and O–H groups in total. The number of aryl methyl sites for hydroxylation is 2. The van der Waals surface area contributed by atoms with Gasteiger partial charge in [-0.3, -0.25) is 14.5 Å². The summed E-state index contributed by atoms with van der Waals surface area (Å²) >= 11 is 0. The van der Waals surface area contributed by atoms with Gasteiger partial charge in [-0.15, -0.1) is 0 Å². The lowest BCUT2D eigenvalue weighted by Crippen LogP contribution is -2.65. The Morgan fingerprint density at radius 1 is 1.09 bits per heavy atom. The van der Waals surface area contributed by atoms with E-state index in [1.807, 2.05) is 43.5 Å². The molecule has 1 aliphatic heterocycles. The highest BCUT2D eigenvalue weighted by atomic mass is 16.3. The molecule has 32 heavy (non-hydrogen) atoms. The molecule has 1 fully saturated rings. The molecule has 1 aliphatic carbocycles. The van der Waals surface area contributed by atoms with Crippen LogP contribution in [-0.2, 0) is 11.3 Å². The van der Waals surface area contributed by atoms with Gasteiger partial charge in [0.1, 0.15) is 11.2 Å². The zero-order valence-electron chi connectivity index (χ0n) is 19.1. The van der Waals surface area contributed by atoms with E-state index in [0.29, 0.717) is 17.8 Å². The second-order valence-corrected chi connectivity index (χ2v) is 9.65. The Hall–Kier alpha value is -3.02. The summed E-state index contributed by atoms with van der Waals surface area (Å²) in [5.74, 6) is -0.262. The van der Waals surface area contributed by atoms with Crippen molar-refractivity contribution >= 4 is 28.6 Å². The first-order valence-electron chi connectivity index (χ1n) is 11.7. The van der Waals surface area contributed by atoms with Gasteiger partial charge in [-0.2, -0.15) is 0 Å².